The Bertz CT molecular complexity index is 689. The largest absolute Gasteiger partial charge is 0.269 e. The highest BCUT2D eigenvalue weighted by molar-refractivity contribution is 7.89. The van der Waals surface area contributed by atoms with Crippen molar-refractivity contribution in [3.63, 3.8) is 0 Å². The number of halogens is 2. The van der Waals surface area contributed by atoms with E-state index in [1.54, 1.807) is 42.5 Å². The van der Waals surface area contributed by atoms with Gasteiger partial charge in [0.05, 0.1) is 10.9 Å². The number of aryl methyl sites for hydroxylation is 1. The van der Waals surface area contributed by atoms with Gasteiger partial charge in [-0.15, -0.1) is 16.1 Å². The summed E-state index contributed by atoms with van der Waals surface area (Å²) < 4.78 is 38.8. The molecule has 1 atom stereocenters. The molecule has 3 nitrogen and oxygen atoms in total. The molecule has 0 aliphatic rings. The van der Waals surface area contributed by atoms with Crippen LogP contribution in [-0.4, -0.2) is 18.8 Å². The SMILES string of the molecule is Cc1ccc(C(CCl)N(F)S(=O)(=O)c2ccccc2)cc1. The Morgan fingerprint density at radius 2 is 1.67 bits per heavy atom. The summed E-state index contributed by atoms with van der Waals surface area (Å²) in [4.78, 5) is -0.102. The summed E-state index contributed by atoms with van der Waals surface area (Å²) in [6, 6.07) is 13.3. The van der Waals surface area contributed by atoms with Crippen molar-refractivity contribution < 1.29 is 12.9 Å². The smallest absolute Gasteiger partial charge is 0.205 e. The second-order valence-electron chi connectivity index (χ2n) is 4.64. The van der Waals surface area contributed by atoms with E-state index < -0.39 is 16.1 Å². The van der Waals surface area contributed by atoms with Crippen molar-refractivity contribution in [1.29, 1.82) is 0 Å². The first kappa shape index (κ1) is 15.9. The summed E-state index contributed by atoms with van der Waals surface area (Å²) in [5.41, 5.74) is 1.51. The van der Waals surface area contributed by atoms with Crippen LogP contribution in [0.25, 0.3) is 0 Å². The predicted molar refractivity (Wildman–Crippen MR) is 81.2 cm³/mol. The van der Waals surface area contributed by atoms with E-state index in [1.807, 2.05) is 6.92 Å². The van der Waals surface area contributed by atoms with E-state index in [-0.39, 0.29) is 15.3 Å². The molecule has 0 bridgehead atoms. The van der Waals surface area contributed by atoms with Gasteiger partial charge in [0.15, 0.2) is 0 Å². The van der Waals surface area contributed by atoms with E-state index in [0.29, 0.717) is 5.56 Å². The van der Waals surface area contributed by atoms with Crippen LogP contribution in [0.4, 0.5) is 4.48 Å². The quantitative estimate of drug-likeness (QED) is 0.618. The molecule has 0 aliphatic carbocycles. The second-order valence-corrected chi connectivity index (χ2v) is 6.72. The minimum atomic E-state index is -4.23. The third-order valence-corrected chi connectivity index (χ3v) is 5.00. The minimum Gasteiger partial charge on any atom is -0.205 e. The van der Waals surface area contributed by atoms with Crippen molar-refractivity contribution >= 4 is 21.6 Å². The average molecular weight is 328 g/mol. The molecule has 21 heavy (non-hydrogen) atoms. The number of nitrogens with zero attached hydrogens (tertiary/aromatic N) is 1. The zero-order valence-electron chi connectivity index (χ0n) is 11.4. The number of benzene rings is 2. The fourth-order valence-electron chi connectivity index (χ4n) is 1.91. The van der Waals surface area contributed by atoms with Crippen LogP contribution in [0.1, 0.15) is 17.2 Å². The molecule has 0 spiro atoms. The maximum absolute atomic E-state index is 14.5. The zero-order valence-corrected chi connectivity index (χ0v) is 13.0. The summed E-state index contributed by atoms with van der Waals surface area (Å²) in [5.74, 6) is -0.175. The Balaban J connectivity index is 2.36. The van der Waals surface area contributed by atoms with Crippen molar-refractivity contribution in [2.24, 2.45) is 0 Å². The third kappa shape index (κ3) is 3.43. The molecule has 0 fully saturated rings. The first-order valence-corrected chi connectivity index (χ1v) is 8.32. The lowest BCUT2D eigenvalue weighted by Gasteiger charge is -2.21. The molecule has 1 unspecified atom stereocenters. The first-order chi connectivity index (χ1) is 9.96. The molecule has 0 aliphatic heterocycles. The van der Waals surface area contributed by atoms with E-state index in [1.165, 1.54) is 12.1 Å². The number of hydrogen-bond donors (Lipinski definition) is 0. The monoisotopic (exact) mass is 327 g/mol. The topological polar surface area (TPSA) is 37.4 Å². The second kappa shape index (κ2) is 6.56. The van der Waals surface area contributed by atoms with Crippen LogP contribution in [0.15, 0.2) is 59.5 Å². The molecular formula is C15H15ClFNO2S. The summed E-state index contributed by atoms with van der Waals surface area (Å²) in [5, 5.41) is 0. The minimum absolute atomic E-state index is 0.102. The van der Waals surface area contributed by atoms with Gasteiger partial charge in [-0.25, -0.2) is 8.42 Å². The first-order valence-electron chi connectivity index (χ1n) is 6.34. The van der Waals surface area contributed by atoms with Crippen LogP contribution in [0, 0.1) is 6.92 Å². The van der Waals surface area contributed by atoms with Crippen molar-refractivity contribution in [2.45, 2.75) is 17.9 Å². The van der Waals surface area contributed by atoms with E-state index in [9.17, 15) is 12.9 Å². The van der Waals surface area contributed by atoms with Gasteiger partial charge >= 0.3 is 0 Å². The molecule has 6 heteroatoms. The molecular weight excluding hydrogens is 313 g/mol. The molecule has 0 radical (unpaired) electrons. The van der Waals surface area contributed by atoms with E-state index in [2.05, 4.69) is 0 Å². The Morgan fingerprint density at radius 1 is 1.10 bits per heavy atom. The molecule has 0 saturated heterocycles. The molecule has 0 amide bonds. The molecule has 2 rings (SSSR count). The van der Waals surface area contributed by atoms with Crippen LogP contribution in [-0.2, 0) is 10.0 Å². The standard InChI is InChI=1S/C15H15ClFNO2S/c1-12-7-9-13(10-8-12)15(11-16)18(17)21(19,20)14-5-3-2-4-6-14/h2-10,15H,11H2,1H3. The summed E-state index contributed by atoms with van der Waals surface area (Å²) in [6.07, 6.45) is 0. The van der Waals surface area contributed by atoms with E-state index in [4.69, 9.17) is 11.6 Å². The average Bonchev–Trinajstić information content (AvgIpc) is 2.50. The van der Waals surface area contributed by atoms with Crippen molar-refractivity contribution in [3.05, 3.63) is 65.7 Å². The lowest BCUT2D eigenvalue weighted by molar-refractivity contribution is 0.0946. The maximum atomic E-state index is 14.5. The van der Waals surface area contributed by atoms with E-state index >= 15 is 0 Å². The Hall–Kier alpha value is -1.43. The van der Waals surface area contributed by atoms with Crippen LogP contribution >= 0.6 is 11.6 Å². The fraction of sp³-hybridized carbons (Fsp3) is 0.200. The summed E-state index contributed by atoms with van der Waals surface area (Å²) in [7, 11) is -4.23. The van der Waals surface area contributed by atoms with Crippen molar-refractivity contribution in [1.82, 2.24) is 4.53 Å². The highest BCUT2D eigenvalue weighted by Gasteiger charge is 2.32. The van der Waals surface area contributed by atoms with Gasteiger partial charge in [0, 0.05) is 5.88 Å². The highest BCUT2D eigenvalue weighted by atomic mass is 35.5. The number of rotatable bonds is 5. The predicted octanol–water partition coefficient (Wildman–Crippen LogP) is 3.85. The van der Waals surface area contributed by atoms with E-state index in [0.717, 1.165) is 5.56 Å². The molecule has 0 N–H and O–H groups in total. The number of sulfonamides is 1. The van der Waals surface area contributed by atoms with Gasteiger partial charge in [-0.3, -0.25) is 0 Å². The Labute approximate surface area is 129 Å². The van der Waals surface area contributed by atoms with Gasteiger partial charge in [-0.1, -0.05) is 48.0 Å². The van der Waals surface area contributed by atoms with Gasteiger partial charge in [-0.2, -0.15) is 0 Å². The summed E-state index contributed by atoms with van der Waals surface area (Å²) >= 11 is 5.78. The number of hydrogen-bond acceptors (Lipinski definition) is 2. The molecule has 0 aromatic heterocycles. The van der Waals surface area contributed by atoms with Crippen LogP contribution in [0.2, 0.25) is 0 Å². The maximum Gasteiger partial charge on any atom is 0.269 e. The molecule has 112 valence electrons. The molecule has 0 heterocycles. The summed E-state index contributed by atoms with van der Waals surface area (Å²) in [6.45, 7) is 1.90. The fourth-order valence-corrected chi connectivity index (χ4v) is 3.52. The van der Waals surface area contributed by atoms with Gasteiger partial charge in [-0.05, 0) is 29.1 Å². The molecule has 2 aromatic carbocycles. The van der Waals surface area contributed by atoms with Crippen molar-refractivity contribution in [3.8, 4) is 0 Å². The normalized spacial score (nSPS) is 13.3. The van der Waals surface area contributed by atoms with Crippen LogP contribution in [0.3, 0.4) is 0 Å². The highest BCUT2D eigenvalue weighted by Crippen LogP contribution is 2.29. The van der Waals surface area contributed by atoms with Gasteiger partial charge in [0.2, 0.25) is 0 Å². The van der Waals surface area contributed by atoms with Crippen LogP contribution in [0.5, 0.6) is 0 Å². The molecule has 0 saturated carbocycles. The number of alkyl halides is 1. The Morgan fingerprint density at radius 3 is 2.19 bits per heavy atom. The zero-order chi connectivity index (χ0) is 15.5. The molecule has 2 aromatic rings. The van der Waals surface area contributed by atoms with Gasteiger partial charge in [0.1, 0.15) is 0 Å². The van der Waals surface area contributed by atoms with Gasteiger partial charge in [0.25, 0.3) is 10.0 Å². The lowest BCUT2D eigenvalue weighted by Crippen LogP contribution is -2.29. The van der Waals surface area contributed by atoms with Gasteiger partial charge < -0.3 is 0 Å². The van der Waals surface area contributed by atoms with Crippen molar-refractivity contribution in [2.75, 3.05) is 5.88 Å². The Kier molecular flexibility index (Phi) is 4.98. The lowest BCUT2D eigenvalue weighted by atomic mass is 10.1. The van der Waals surface area contributed by atoms with Crippen LogP contribution < -0.4 is 0 Å². The third-order valence-electron chi connectivity index (χ3n) is 3.12.